The smallest absolute Gasteiger partial charge is 0.137 e. The average molecular weight is 386 g/mol. The molecule has 2 nitrogen and oxygen atoms in total. The third kappa shape index (κ3) is 2.34. The van der Waals surface area contributed by atoms with Crippen LogP contribution in [-0.4, -0.2) is 9.38 Å². The van der Waals surface area contributed by atoms with Gasteiger partial charge in [0.1, 0.15) is 5.65 Å². The van der Waals surface area contributed by atoms with Crippen LogP contribution in [0.1, 0.15) is 25.0 Å². The van der Waals surface area contributed by atoms with E-state index in [2.05, 4.69) is 103 Å². The van der Waals surface area contributed by atoms with Gasteiger partial charge in [-0.05, 0) is 40.5 Å². The molecule has 0 amide bonds. The number of benzene rings is 3. The molecule has 0 unspecified atom stereocenters. The first-order valence-corrected chi connectivity index (χ1v) is 10.4. The van der Waals surface area contributed by atoms with Gasteiger partial charge >= 0.3 is 0 Å². The maximum absolute atomic E-state index is 4.99. The summed E-state index contributed by atoms with van der Waals surface area (Å²) in [4.78, 5) is 4.99. The van der Waals surface area contributed by atoms with Crippen LogP contribution in [0.3, 0.4) is 0 Å². The molecule has 0 bridgehead atoms. The number of hydrogen-bond acceptors (Lipinski definition) is 1. The molecular formula is C28H22N2. The van der Waals surface area contributed by atoms with Crippen molar-refractivity contribution < 1.29 is 0 Å². The van der Waals surface area contributed by atoms with Crippen molar-refractivity contribution in [1.82, 2.24) is 9.38 Å². The van der Waals surface area contributed by atoms with Crippen LogP contribution >= 0.6 is 0 Å². The van der Waals surface area contributed by atoms with Gasteiger partial charge in [0.25, 0.3) is 0 Å². The molecule has 2 aromatic heterocycles. The van der Waals surface area contributed by atoms with Crippen molar-refractivity contribution in [3.8, 4) is 33.6 Å². The minimum Gasteiger partial charge on any atom is -0.299 e. The van der Waals surface area contributed by atoms with E-state index < -0.39 is 0 Å². The zero-order valence-corrected chi connectivity index (χ0v) is 17.1. The lowest BCUT2D eigenvalue weighted by molar-refractivity contribution is 0.660. The van der Waals surface area contributed by atoms with Crippen LogP contribution in [0.5, 0.6) is 0 Å². The number of aromatic nitrogens is 2. The van der Waals surface area contributed by atoms with Crippen LogP contribution in [-0.2, 0) is 5.41 Å². The zero-order valence-electron chi connectivity index (χ0n) is 17.1. The lowest BCUT2D eigenvalue weighted by Gasteiger charge is -2.22. The molecule has 1 aliphatic rings. The number of nitrogens with zero attached hydrogens (tertiary/aromatic N) is 2. The summed E-state index contributed by atoms with van der Waals surface area (Å²) in [6.07, 6.45) is 2.11. The number of hydrogen-bond donors (Lipinski definition) is 0. The minimum absolute atomic E-state index is 0.0185. The van der Waals surface area contributed by atoms with Gasteiger partial charge in [-0.2, -0.15) is 0 Å². The van der Waals surface area contributed by atoms with Gasteiger partial charge in [0, 0.05) is 22.7 Å². The zero-order chi connectivity index (χ0) is 20.3. The number of rotatable bonds is 2. The molecule has 0 saturated carbocycles. The summed E-state index contributed by atoms with van der Waals surface area (Å²) in [5, 5.41) is 0. The van der Waals surface area contributed by atoms with Gasteiger partial charge in [-0.3, -0.25) is 4.40 Å². The molecule has 0 N–H and O–H groups in total. The van der Waals surface area contributed by atoms with E-state index >= 15 is 0 Å². The Kier molecular flexibility index (Phi) is 3.54. The number of pyridine rings is 1. The molecule has 1 aliphatic carbocycles. The van der Waals surface area contributed by atoms with Crippen LogP contribution in [0.25, 0.3) is 39.3 Å². The standard InChI is InChI=1S/C28H22N2/c1-28(2)23-13-7-6-12-21(23)22-16-15-20(18-24(22)28)27-26(19-10-4-3-5-11-19)29-25-14-8-9-17-30(25)27/h3-18H,1-2H3. The molecule has 0 saturated heterocycles. The van der Waals surface area contributed by atoms with E-state index in [4.69, 9.17) is 4.98 Å². The fourth-order valence-corrected chi connectivity index (χ4v) is 4.92. The van der Waals surface area contributed by atoms with Gasteiger partial charge < -0.3 is 0 Å². The summed E-state index contributed by atoms with van der Waals surface area (Å²) in [7, 11) is 0. The second kappa shape index (κ2) is 6.17. The highest BCUT2D eigenvalue weighted by Crippen LogP contribution is 2.49. The maximum Gasteiger partial charge on any atom is 0.137 e. The van der Waals surface area contributed by atoms with E-state index in [9.17, 15) is 0 Å². The molecule has 6 rings (SSSR count). The third-order valence-electron chi connectivity index (χ3n) is 6.43. The minimum atomic E-state index is -0.0185. The predicted molar refractivity (Wildman–Crippen MR) is 124 cm³/mol. The normalized spacial score (nSPS) is 13.9. The lowest BCUT2D eigenvalue weighted by Crippen LogP contribution is -2.14. The first kappa shape index (κ1) is 17.2. The Hall–Kier alpha value is -3.65. The average Bonchev–Trinajstić information content (AvgIpc) is 3.28. The first-order valence-electron chi connectivity index (χ1n) is 10.4. The molecule has 0 aliphatic heterocycles. The van der Waals surface area contributed by atoms with E-state index in [0.29, 0.717) is 0 Å². The van der Waals surface area contributed by atoms with Crippen molar-refractivity contribution in [2.75, 3.05) is 0 Å². The Morgan fingerprint density at radius 1 is 0.667 bits per heavy atom. The second-order valence-corrected chi connectivity index (χ2v) is 8.53. The van der Waals surface area contributed by atoms with E-state index in [1.807, 2.05) is 12.1 Å². The molecule has 2 heterocycles. The molecule has 0 atom stereocenters. The topological polar surface area (TPSA) is 17.3 Å². The second-order valence-electron chi connectivity index (χ2n) is 8.53. The van der Waals surface area contributed by atoms with Gasteiger partial charge in [-0.1, -0.05) is 86.6 Å². The molecule has 5 aromatic rings. The van der Waals surface area contributed by atoms with Crippen LogP contribution < -0.4 is 0 Å². The molecule has 0 fully saturated rings. The molecule has 30 heavy (non-hydrogen) atoms. The Balaban J connectivity index is 1.63. The van der Waals surface area contributed by atoms with Crippen molar-refractivity contribution in [1.29, 1.82) is 0 Å². The summed E-state index contributed by atoms with van der Waals surface area (Å²) >= 11 is 0. The quantitative estimate of drug-likeness (QED) is 0.320. The van der Waals surface area contributed by atoms with E-state index in [0.717, 1.165) is 22.6 Å². The van der Waals surface area contributed by atoms with Gasteiger partial charge in [-0.25, -0.2) is 4.98 Å². The van der Waals surface area contributed by atoms with E-state index in [1.165, 1.54) is 27.8 Å². The van der Waals surface area contributed by atoms with Crippen LogP contribution in [0, 0.1) is 0 Å². The monoisotopic (exact) mass is 386 g/mol. The van der Waals surface area contributed by atoms with E-state index in [-0.39, 0.29) is 5.41 Å². The van der Waals surface area contributed by atoms with E-state index in [1.54, 1.807) is 0 Å². The van der Waals surface area contributed by atoms with Crippen molar-refractivity contribution in [3.63, 3.8) is 0 Å². The highest BCUT2D eigenvalue weighted by atomic mass is 15.0. The van der Waals surface area contributed by atoms with Crippen LogP contribution in [0.2, 0.25) is 0 Å². The first-order chi connectivity index (χ1) is 14.6. The molecule has 3 aromatic carbocycles. The summed E-state index contributed by atoms with van der Waals surface area (Å²) < 4.78 is 2.21. The van der Waals surface area contributed by atoms with Crippen molar-refractivity contribution >= 4 is 5.65 Å². The predicted octanol–water partition coefficient (Wildman–Crippen LogP) is 6.97. The fourth-order valence-electron chi connectivity index (χ4n) is 4.92. The highest BCUT2D eigenvalue weighted by Gasteiger charge is 2.35. The highest BCUT2D eigenvalue weighted by molar-refractivity contribution is 5.87. The molecule has 2 heteroatoms. The van der Waals surface area contributed by atoms with Gasteiger partial charge in [0.2, 0.25) is 0 Å². The van der Waals surface area contributed by atoms with Crippen LogP contribution in [0.4, 0.5) is 0 Å². The Labute approximate surface area is 176 Å². The largest absolute Gasteiger partial charge is 0.299 e. The Morgan fingerprint density at radius 2 is 1.40 bits per heavy atom. The van der Waals surface area contributed by atoms with Gasteiger partial charge in [-0.15, -0.1) is 0 Å². The van der Waals surface area contributed by atoms with Gasteiger partial charge in [0.15, 0.2) is 0 Å². The lowest BCUT2D eigenvalue weighted by atomic mass is 9.82. The molecular weight excluding hydrogens is 364 g/mol. The molecule has 0 spiro atoms. The van der Waals surface area contributed by atoms with Crippen molar-refractivity contribution in [3.05, 3.63) is 108 Å². The van der Waals surface area contributed by atoms with Crippen LogP contribution in [0.15, 0.2) is 97.2 Å². The summed E-state index contributed by atoms with van der Waals surface area (Å²) in [6.45, 7) is 4.65. The SMILES string of the molecule is CC1(C)c2ccccc2-c2ccc(-c3c(-c4ccccc4)nc4ccccn34)cc21. The number of fused-ring (bicyclic) bond motifs is 4. The summed E-state index contributed by atoms with van der Waals surface area (Å²) in [5.74, 6) is 0. The molecule has 0 radical (unpaired) electrons. The number of imidazole rings is 1. The maximum atomic E-state index is 4.99. The molecule has 144 valence electrons. The fraction of sp³-hybridized carbons (Fsp3) is 0.107. The summed E-state index contributed by atoms with van der Waals surface area (Å²) in [6, 6.07) is 32.4. The Bertz CT molecular complexity index is 1410. The Morgan fingerprint density at radius 3 is 2.27 bits per heavy atom. The third-order valence-corrected chi connectivity index (χ3v) is 6.43. The van der Waals surface area contributed by atoms with Crippen molar-refractivity contribution in [2.24, 2.45) is 0 Å². The van der Waals surface area contributed by atoms with Gasteiger partial charge in [0.05, 0.1) is 11.4 Å². The summed E-state index contributed by atoms with van der Waals surface area (Å²) in [5.41, 5.74) is 10.9. The van der Waals surface area contributed by atoms with Crippen molar-refractivity contribution in [2.45, 2.75) is 19.3 Å².